The molecular weight excluding hydrogens is 358 g/mol. The number of nitrogens with zero attached hydrogens (tertiary/aromatic N) is 2. The van der Waals surface area contributed by atoms with Crippen LogP contribution in [-0.4, -0.2) is 28.2 Å². The number of hydrogen-bond donors (Lipinski definition) is 1. The van der Waals surface area contributed by atoms with Crippen molar-refractivity contribution in [2.24, 2.45) is 0 Å². The molecule has 23 heavy (non-hydrogen) atoms. The third kappa shape index (κ3) is 3.48. The van der Waals surface area contributed by atoms with Gasteiger partial charge in [-0.1, -0.05) is 34.6 Å². The van der Waals surface area contributed by atoms with Crippen LogP contribution in [-0.2, 0) is 16.1 Å². The number of benzene rings is 1. The maximum Gasteiger partial charge on any atom is 0.249 e. The number of allylic oxidation sites excluding steroid dienone is 1. The molecule has 2 unspecified atom stereocenters. The monoisotopic (exact) mass is 377 g/mol. The van der Waals surface area contributed by atoms with E-state index in [0.29, 0.717) is 13.2 Å². The summed E-state index contributed by atoms with van der Waals surface area (Å²) < 4.78 is 8.38. The lowest BCUT2D eigenvalue weighted by Crippen LogP contribution is -2.36. The molecule has 0 saturated carbocycles. The Hall–Kier alpha value is -1.66. The number of amides is 1. The summed E-state index contributed by atoms with van der Waals surface area (Å²) in [4.78, 5) is 17.0. The molecule has 1 saturated heterocycles. The molecule has 122 valence electrons. The minimum absolute atomic E-state index is 0.0636. The molecule has 6 heteroatoms. The minimum atomic E-state index is -0.332. The first kappa shape index (κ1) is 16.2. The van der Waals surface area contributed by atoms with Gasteiger partial charge >= 0.3 is 0 Å². The molecular formula is C17H20BrN3O2. The summed E-state index contributed by atoms with van der Waals surface area (Å²) in [5.74, 6) is 0.754. The second kappa shape index (κ2) is 6.84. The van der Waals surface area contributed by atoms with Crippen molar-refractivity contribution in [3.05, 3.63) is 41.2 Å². The molecule has 5 nitrogen and oxygen atoms in total. The number of aromatic nitrogens is 2. The predicted octanol–water partition coefficient (Wildman–Crippen LogP) is 3.30. The van der Waals surface area contributed by atoms with Gasteiger partial charge in [0.25, 0.3) is 0 Å². The number of fused-ring (bicyclic) bond motifs is 1. The Morgan fingerprint density at radius 1 is 1.57 bits per heavy atom. The van der Waals surface area contributed by atoms with Crippen LogP contribution in [0.5, 0.6) is 0 Å². The number of carbonyl (C=O) groups excluding carboxylic acids is 1. The van der Waals surface area contributed by atoms with E-state index in [1.165, 1.54) is 0 Å². The summed E-state index contributed by atoms with van der Waals surface area (Å²) in [6.07, 6.45) is 1.39. The van der Waals surface area contributed by atoms with Gasteiger partial charge in [0.1, 0.15) is 11.9 Å². The van der Waals surface area contributed by atoms with E-state index in [2.05, 4.69) is 32.4 Å². The Balaban J connectivity index is 1.88. The molecule has 2 aromatic rings. The molecule has 1 aliphatic rings. The largest absolute Gasteiger partial charge is 0.368 e. The van der Waals surface area contributed by atoms with E-state index >= 15 is 0 Å². The molecule has 1 aromatic heterocycles. The fraction of sp³-hybridized carbons (Fsp3) is 0.412. The van der Waals surface area contributed by atoms with Crippen molar-refractivity contribution in [2.45, 2.75) is 38.5 Å². The van der Waals surface area contributed by atoms with Crippen LogP contribution < -0.4 is 5.32 Å². The van der Waals surface area contributed by atoms with Crippen molar-refractivity contribution in [3.63, 3.8) is 0 Å². The zero-order valence-electron chi connectivity index (χ0n) is 13.1. The summed E-state index contributed by atoms with van der Waals surface area (Å²) in [6.45, 7) is 7.14. The van der Waals surface area contributed by atoms with Crippen molar-refractivity contribution in [1.29, 1.82) is 0 Å². The van der Waals surface area contributed by atoms with Gasteiger partial charge in [0, 0.05) is 11.1 Å². The lowest BCUT2D eigenvalue weighted by Gasteiger charge is -2.18. The third-order valence-electron chi connectivity index (χ3n) is 3.98. The third-order valence-corrected chi connectivity index (χ3v) is 4.23. The normalized spacial score (nSPS) is 19.0. The Bertz CT molecular complexity index is 735. The summed E-state index contributed by atoms with van der Waals surface area (Å²) in [7, 11) is 0. The summed E-state index contributed by atoms with van der Waals surface area (Å²) in [5, 5.41) is 3.02. The Kier molecular flexibility index (Phi) is 4.82. The van der Waals surface area contributed by atoms with E-state index in [4.69, 9.17) is 9.72 Å². The number of hydrogen-bond acceptors (Lipinski definition) is 3. The van der Waals surface area contributed by atoms with Gasteiger partial charge in [-0.15, -0.1) is 0 Å². The lowest BCUT2D eigenvalue weighted by atomic mass is 10.2. The first-order chi connectivity index (χ1) is 11.1. The topological polar surface area (TPSA) is 56.2 Å². The van der Waals surface area contributed by atoms with Crippen LogP contribution in [0.25, 0.3) is 11.0 Å². The van der Waals surface area contributed by atoms with Gasteiger partial charge in [-0.3, -0.25) is 4.79 Å². The average molecular weight is 378 g/mol. The first-order valence-electron chi connectivity index (χ1n) is 7.76. The fourth-order valence-electron chi connectivity index (χ4n) is 2.92. The molecule has 1 aliphatic heterocycles. The second-order valence-corrected chi connectivity index (χ2v) is 6.92. The van der Waals surface area contributed by atoms with E-state index < -0.39 is 0 Å². The highest BCUT2D eigenvalue weighted by Gasteiger charge is 2.26. The highest BCUT2D eigenvalue weighted by Crippen LogP contribution is 2.23. The quantitative estimate of drug-likeness (QED) is 0.869. The van der Waals surface area contributed by atoms with Crippen molar-refractivity contribution >= 4 is 32.9 Å². The molecule has 0 radical (unpaired) electrons. The van der Waals surface area contributed by atoms with Crippen LogP contribution in [0.1, 0.15) is 31.6 Å². The van der Waals surface area contributed by atoms with Gasteiger partial charge < -0.3 is 14.6 Å². The summed E-state index contributed by atoms with van der Waals surface area (Å²) in [5.41, 5.74) is 1.94. The maximum atomic E-state index is 12.3. The molecule has 0 spiro atoms. The number of imidazole rings is 1. The molecule has 1 amide bonds. The van der Waals surface area contributed by atoms with E-state index in [1.807, 2.05) is 31.2 Å². The van der Waals surface area contributed by atoms with Gasteiger partial charge in [-0.2, -0.15) is 0 Å². The molecule has 0 aliphatic carbocycles. The van der Waals surface area contributed by atoms with Gasteiger partial charge in [-0.05, 0) is 31.9 Å². The number of rotatable bonds is 5. The van der Waals surface area contributed by atoms with Crippen LogP contribution in [0, 0.1) is 0 Å². The van der Waals surface area contributed by atoms with E-state index in [-0.39, 0.29) is 18.1 Å². The number of para-hydroxylation sites is 2. The number of carbonyl (C=O) groups is 1. The van der Waals surface area contributed by atoms with E-state index in [1.54, 1.807) is 0 Å². The maximum absolute atomic E-state index is 12.3. The smallest absolute Gasteiger partial charge is 0.249 e. The molecule has 1 N–H and O–H groups in total. The summed E-state index contributed by atoms with van der Waals surface area (Å²) in [6, 6.07) is 7.74. The van der Waals surface area contributed by atoms with Crippen molar-refractivity contribution in [1.82, 2.24) is 14.9 Å². The average Bonchev–Trinajstić information content (AvgIpc) is 3.15. The van der Waals surface area contributed by atoms with Crippen LogP contribution in [0.3, 0.4) is 0 Å². The highest BCUT2D eigenvalue weighted by atomic mass is 79.9. The minimum Gasteiger partial charge on any atom is -0.368 e. The zero-order valence-corrected chi connectivity index (χ0v) is 14.7. The van der Waals surface area contributed by atoms with E-state index in [0.717, 1.165) is 34.2 Å². The van der Waals surface area contributed by atoms with Crippen LogP contribution in [0.2, 0.25) is 0 Å². The van der Waals surface area contributed by atoms with Crippen molar-refractivity contribution in [3.8, 4) is 0 Å². The second-order valence-electron chi connectivity index (χ2n) is 5.79. The number of ether oxygens (including phenoxy) is 1. The first-order valence-corrected chi connectivity index (χ1v) is 8.56. The van der Waals surface area contributed by atoms with Crippen molar-refractivity contribution < 1.29 is 9.53 Å². The fourth-order valence-corrected chi connectivity index (χ4v) is 3.17. The predicted molar refractivity (Wildman–Crippen MR) is 93.3 cm³/mol. The number of halogens is 1. The Labute approximate surface area is 143 Å². The Morgan fingerprint density at radius 3 is 3.04 bits per heavy atom. The highest BCUT2D eigenvalue weighted by molar-refractivity contribution is 9.11. The van der Waals surface area contributed by atoms with Crippen LogP contribution in [0.15, 0.2) is 35.3 Å². The standard InChI is InChI=1S/C17H20BrN3O2/c1-11(18)10-21-14-7-4-3-6-13(14)20-16(21)12(2)19-17(22)15-8-5-9-23-15/h3-4,6-7,12,15H,1,5,8-10H2,2H3,(H,19,22). The van der Waals surface area contributed by atoms with Crippen molar-refractivity contribution in [2.75, 3.05) is 6.61 Å². The van der Waals surface area contributed by atoms with Gasteiger partial charge in [0.2, 0.25) is 5.91 Å². The molecule has 1 fully saturated rings. The van der Waals surface area contributed by atoms with Gasteiger partial charge in [-0.25, -0.2) is 4.98 Å². The van der Waals surface area contributed by atoms with Gasteiger partial charge in [0.15, 0.2) is 0 Å². The summed E-state index contributed by atoms with van der Waals surface area (Å²) >= 11 is 3.42. The lowest BCUT2D eigenvalue weighted by molar-refractivity contribution is -0.130. The molecule has 2 heterocycles. The zero-order chi connectivity index (χ0) is 16.4. The SMILES string of the molecule is C=C(Br)Cn1c(C(C)NC(=O)C2CCCO2)nc2ccccc21. The molecule has 3 rings (SSSR count). The number of nitrogens with one attached hydrogen (secondary N) is 1. The van der Waals surface area contributed by atoms with Gasteiger partial charge in [0.05, 0.1) is 23.6 Å². The molecule has 2 atom stereocenters. The van der Waals surface area contributed by atoms with E-state index in [9.17, 15) is 4.79 Å². The van der Waals surface area contributed by atoms with Crippen LogP contribution in [0.4, 0.5) is 0 Å². The molecule has 0 bridgehead atoms. The molecule has 1 aromatic carbocycles. The Morgan fingerprint density at radius 2 is 2.35 bits per heavy atom. The van der Waals surface area contributed by atoms with Crippen LogP contribution >= 0.6 is 15.9 Å².